The van der Waals surface area contributed by atoms with Crippen LogP contribution in [0.4, 0.5) is 10.1 Å². The van der Waals surface area contributed by atoms with E-state index in [1.54, 1.807) is 74.6 Å². The first-order valence-electron chi connectivity index (χ1n) is 10.5. The van der Waals surface area contributed by atoms with E-state index >= 15 is 4.39 Å². The van der Waals surface area contributed by atoms with Crippen molar-refractivity contribution in [2.24, 2.45) is 5.73 Å². The summed E-state index contributed by atoms with van der Waals surface area (Å²) in [4.78, 5) is 24.6. The van der Waals surface area contributed by atoms with Gasteiger partial charge in [0.25, 0.3) is 0 Å². The lowest BCUT2D eigenvalue weighted by Gasteiger charge is -2.19. The Hall–Kier alpha value is -3.71. The van der Waals surface area contributed by atoms with Crippen LogP contribution in [0.3, 0.4) is 0 Å². The minimum Gasteiger partial charge on any atom is -0.489 e. The van der Waals surface area contributed by atoms with Crippen LogP contribution in [0.25, 0.3) is 11.1 Å². The Morgan fingerprint density at radius 2 is 1.85 bits per heavy atom. The molecule has 0 heterocycles. The third-order valence-corrected chi connectivity index (χ3v) is 5.38. The predicted molar refractivity (Wildman–Crippen MR) is 126 cm³/mol. The molecule has 7 heteroatoms. The third kappa shape index (κ3) is 5.75. The zero-order valence-corrected chi connectivity index (χ0v) is 18.8. The monoisotopic (exact) mass is 450 g/mol. The number of ether oxygens (including phenoxy) is 1. The number of rotatable bonds is 8. The van der Waals surface area contributed by atoms with Crippen LogP contribution in [0.1, 0.15) is 36.6 Å². The molecular formula is C26H27FN2O4. The first-order chi connectivity index (χ1) is 15.7. The van der Waals surface area contributed by atoms with Crippen LogP contribution in [0.15, 0.2) is 60.7 Å². The Morgan fingerprint density at radius 3 is 2.52 bits per heavy atom. The van der Waals surface area contributed by atoms with Gasteiger partial charge < -0.3 is 20.5 Å². The number of para-hydroxylation sites is 1. The highest BCUT2D eigenvalue weighted by Gasteiger charge is 2.16. The normalized spacial score (nSPS) is 11.7. The summed E-state index contributed by atoms with van der Waals surface area (Å²) in [6.07, 6.45) is -0.163. The molecule has 1 amide bonds. The Labute approximate surface area is 192 Å². The van der Waals surface area contributed by atoms with E-state index < -0.39 is 17.8 Å². The number of nitrogens with zero attached hydrogens (tertiary/aromatic N) is 1. The Balaban J connectivity index is 2.01. The maximum atomic E-state index is 15.2. The number of hydrogen-bond donors (Lipinski definition) is 2. The fraction of sp³-hybridized carbons (Fsp3) is 0.231. The average Bonchev–Trinajstić information content (AvgIpc) is 2.77. The highest BCUT2D eigenvalue weighted by molar-refractivity contribution is 5.92. The number of amides is 1. The van der Waals surface area contributed by atoms with E-state index in [9.17, 15) is 9.59 Å². The molecule has 0 spiro atoms. The van der Waals surface area contributed by atoms with E-state index in [1.165, 1.54) is 11.8 Å². The van der Waals surface area contributed by atoms with Crippen molar-refractivity contribution < 1.29 is 23.8 Å². The molecule has 0 saturated carbocycles. The van der Waals surface area contributed by atoms with Crippen LogP contribution < -0.4 is 15.4 Å². The number of carboxylic acid groups (broad SMARTS) is 1. The zero-order chi connectivity index (χ0) is 24.1. The standard InChI is InChI=1S/C26H27FN2O4/c1-16(28)22-8-6-9-23(26(22)27)20-11-18(12-21(13-20)29(3)17(2)30)15-33-24-10-5-4-7-19(24)14-25(31)32/h4-13,16H,14-15,28H2,1-3H3,(H,31,32). The number of aliphatic carboxylic acids is 1. The number of anilines is 1. The molecule has 0 radical (unpaired) electrons. The van der Waals surface area contributed by atoms with Gasteiger partial charge in [-0.25, -0.2) is 4.39 Å². The number of carbonyl (C=O) groups excluding carboxylic acids is 1. The predicted octanol–water partition coefficient (Wildman–Crippen LogP) is 4.70. The van der Waals surface area contributed by atoms with E-state index in [4.69, 9.17) is 15.6 Å². The molecular weight excluding hydrogens is 423 g/mol. The van der Waals surface area contributed by atoms with E-state index in [0.717, 1.165) is 0 Å². The molecule has 0 aliphatic carbocycles. The van der Waals surface area contributed by atoms with Crippen molar-refractivity contribution in [2.75, 3.05) is 11.9 Å². The highest BCUT2D eigenvalue weighted by Crippen LogP contribution is 2.32. The Bertz CT molecular complexity index is 1180. The maximum absolute atomic E-state index is 15.2. The molecule has 3 aromatic carbocycles. The van der Waals surface area contributed by atoms with Crippen molar-refractivity contribution in [3.63, 3.8) is 0 Å². The van der Waals surface area contributed by atoms with E-state index in [2.05, 4.69) is 0 Å². The van der Waals surface area contributed by atoms with Gasteiger partial charge in [0.2, 0.25) is 5.91 Å². The summed E-state index contributed by atoms with van der Waals surface area (Å²) in [6.45, 7) is 3.27. The third-order valence-electron chi connectivity index (χ3n) is 5.38. The van der Waals surface area contributed by atoms with Crippen LogP contribution in [0, 0.1) is 5.82 Å². The van der Waals surface area contributed by atoms with Gasteiger partial charge in [-0.1, -0.05) is 36.4 Å². The van der Waals surface area contributed by atoms with Crippen LogP contribution in [-0.4, -0.2) is 24.0 Å². The molecule has 3 N–H and O–H groups in total. The van der Waals surface area contributed by atoms with Crippen molar-refractivity contribution in [1.82, 2.24) is 0 Å². The second kappa shape index (κ2) is 10.3. The molecule has 3 aromatic rings. The highest BCUT2D eigenvalue weighted by atomic mass is 19.1. The topological polar surface area (TPSA) is 92.9 Å². The molecule has 0 aliphatic heterocycles. The van der Waals surface area contributed by atoms with Crippen LogP contribution in [0.2, 0.25) is 0 Å². The second-order valence-electron chi connectivity index (χ2n) is 7.93. The molecule has 1 atom stereocenters. The fourth-order valence-corrected chi connectivity index (χ4v) is 3.53. The van der Waals surface area contributed by atoms with Crippen molar-refractivity contribution in [3.05, 3.63) is 83.2 Å². The minimum absolute atomic E-state index is 0.109. The van der Waals surface area contributed by atoms with Gasteiger partial charge in [-0.15, -0.1) is 0 Å². The number of halogens is 1. The molecule has 0 bridgehead atoms. The van der Waals surface area contributed by atoms with Crippen LogP contribution in [-0.2, 0) is 22.6 Å². The molecule has 0 fully saturated rings. The van der Waals surface area contributed by atoms with Gasteiger partial charge in [0.1, 0.15) is 18.2 Å². The molecule has 3 rings (SSSR count). The summed E-state index contributed by atoms with van der Waals surface area (Å²) < 4.78 is 21.1. The van der Waals surface area contributed by atoms with Gasteiger partial charge in [0, 0.05) is 42.4 Å². The van der Waals surface area contributed by atoms with Gasteiger partial charge in [0.15, 0.2) is 0 Å². The van der Waals surface area contributed by atoms with Gasteiger partial charge in [-0.05, 0) is 42.3 Å². The van der Waals surface area contributed by atoms with Gasteiger partial charge in [-0.3, -0.25) is 9.59 Å². The smallest absolute Gasteiger partial charge is 0.307 e. The summed E-state index contributed by atoms with van der Waals surface area (Å²) in [6, 6.07) is 16.8. The van der Waals surface area contributed by atoms with Crippen molar-refractivity contribution in [3.8, 4) is 16.9 Å². The molecule has 0 saturated heterocycles. The lowest BCUT2D eigenvalue weighted by Crippen LogP contribution is -2.23. The quantitative estimate of drug-likeness (QED) is 0.519. The summed E-state index contributed by atoms with van der Waals surface area (Å²) in [5.74, 6) is -1.08. The van der Waals surface area contributed by atoms with Crippen LogP contribution >= 0.6 is 0 Å². The summed E-state index contributed by atoms with van der Waals surface area (Å²) in [5, 5.41) is 9.14. The molecule has 1 unspecified atom stereocenters. The number of carbonyl (C=O) groups is 2. The number of hydrogen-bond acceptors (Lipinski definition) is 4. The maximum Gasteiger partial charge on any atom is 0.307 e. The van der Waals surface area contributed by atoms with Gasteiger partial charge >= 0.3 is 5.97 Å². The summed E-state index contributed by atoms with van der Waals surface area (Å²) in [5.41, 5.74) is 9.11. The molecule has 6 nitrogen and oxygen atoms in total. The Kier molecular flexibility index (Phi) is 7.45. The Morgan fingerprint density at radius 1 is 1.12 bits per heavy atom. The SMILES string of the molecule is CC(=O)N(C)c1cc(COc2ccccc2CC(=O)O)cc(-c2cccc(C(C)N)c2F)c1. The van der Waals surface area contributed by atoms with Crippen molar-refractivity contribution in [1.29, 1.82) is 0 Å². The van der Waals surface area contributed by atoms with Crippen molar-refractivity contribution >= 4 is 17.6 Å². The van der Waals surface area contributed by atoms with Gasteiger partial charge in [-0.2, -0.15) is 0 Å². The average molecular weight is 451 g/mol. The first kappa shape index (κ1) is 23.9. The van der Waals surface area contributed by atoms with Gasteiger partial charge in [0.05, 0.1) is 6.42 Å². The molecule has 172 valence electrons. The number of benzene rings is 3. The second-order valence-corrected chi connectivity index (χ2v) is 7.93. The minimum atomic E-state index is -0.956. The first-order valence-corrected chi connectivity index (χ1v) is 10.5. The molecule has 33 heavy (non-hydrogen) atoms. The van der Waals surface area contributed by atoms with E-state index in [0.29, 0.717) is 39.3 Å². The number of carboxylic acids is 1. The molecule has 0 aromatic heterocycles. The van der Waals surface area contributed by atoms with Crippen LogP contribution in [0.5, 0.6) is 5.75 Å². The number of nitrogens with two attached hydrogens (primary N) is 1. The summed E-state index contributed by atoms with van der Waals surface area (Å²) >= 11 is 0. The fourth-order valence-electron chi connectivity index (χ4n) is 3.53. The van der Waals surface area contributed by atoms with E-state index in [1.807, 2.05) is 0 Å². The summed E-state index contributed by atoms with van der Waals surface area (Å²) in [7, 11) is 1.64. The largest absolute Gasteiger partial charge is 0.489 e. The zero-order valence-electron chi connectivity index (χ0n) is 18.8. The lowest BCUT2D eigenvalue weighted by molar-refractivity contribution is -0.136. The van der Waals surface area contributed by atoms with Crippen molar-refractivity contribution in [2.45, 2.75) is 32.9 Å². The van der Waals surface area contributed by atoms with E-state index in [-0.39, 0.29) is 18.9 Å². The molecule has 0 aliphatic rings. The lowest BCUT2D eigenvalue weighted by atomic mass is 9.97.